The van der Waals surface area contributed by atoms with Crippen LogP contribution in [0.1, 0.15) is 17.0 Å². The average molecular weight is 203 g/mol. The van der Waals surface area contributed by atoms with Crippen molar-refractivity contribution in [3.8, 4) is 11.5 Å². The van der Waals surface area contributed by atoms with Crippen LogP contribution in [0.3, 0.4) is 0 Å². The van der Waals surface area contributed by atoms with E-state index in [1.54, 1.807) is 0 Å². The van der Waals surface area contributed by atoms with Gasteiger partial charge in [0.25, 0.3) is 5.89 Å². The molecule has 0 spiro atoms. The van der Waals surface area contributed by atoms with E-state index < -0.39 is 0 Å². The second-order valence-corrected chi connectivity index (χ2v) is 3.54. The lowest BCUT2D eigenvalue weighted by Crippen LogP contribution is -1.97. The number of hydrogen-bond acceptors (Lipinski definition) is 4. The Hall–Kier alpha value is -1.68. The Kier molecular flexibility index (Phi) is 2.51. The van der Waals surface area contributed by atoms with Gasteiger partial charge in [-0.3, -0.25) is 0 Å². The van der Waals surface area contributed by atoms with E-state index in [-0.39, 0.29) is 0 Å². The molecule has 0 unspecified atom stereocenters. The van der Waals surface area contributed by atoms with Crippen molar-refractivity contribution in [1.29, 1.82) is 0 Å². The predicted octanol–water partition coefficient (Wildman–Crippen LogP) is 1.81. The first-order valence-corrected chi connectivity index (χ1v) is 4.81. The van der Waals surface area contributed by atoms with E-state index in [0.29, 0.717) is 18.3 Å². The summed E-state index contributed by atoms with van der Waals surface area (Å²) < 4.78 is 5.12. The zero-order valence-corrected chi connectivity index (χ0v) is 8.82. The van der Waals surface area contributed by atoms with Crippen LogP contribution in [0.2, 0.25) is 0 Å². The lowest BCUT2D eigenvalue weighted by atomic mass is 10.1. The Balaban J connectivity index is 2.44. The molecule has 4 nitrogen and oxygen atoms in total. The Labute approximate surface area is 88.1 Å². The van der Waals surface area contributed by atoms with E-state index in [9.17, 15) is 0 Å². The molecule has 0 atom stereocenters. The Morgan fingerprint density at radius 3 is 2.73 bits per heavy atom. The highest BCUT2D eigenvalue weighted by Crippen LogP contribution is 2.22. The third kappa shape index (κ3) is 1.89. The van der Waals surface area contributed by atoms with Gasteiger partial charge in [-0.15, -0.1) is 0 Å². The van der Waals surface area contributed by atoms with Crippen LogP contribution in [-0.2, 0) is 6.54 Å². The molecule has 78 valence electrons. The van der Waals surface area contributed by atoms with Crippen molar-refractivity contribution in [2.45, 2.75) is 20.4 Å². The molecule has 2 aromatic rings. The highest BCUT2D eigenvalue weighted by molar-refractivity contribution is 5.58. The molecule has 0 amide bonds. The fraction of sp³-hybridized carbons (Fsp3) is 0.273. The molecule has 4 heteroatoms. The first-order chi connectivity index (χ1) is 7.20. The molecule has 1 aromatic carbocycles. The topological polar surface area (TPSA) is 64.9 Å². The Morgan fingerprint density at radius 1 is 1.33 bits per heavy atom. The van der Waals surface area contributed by atoms with Crippen LogP contribution in [0.15, 0.2) is 22.7 Å². The summed E-state index contributed by atoms with van der Waals surface area (Å²) in [7, 11) is 0. The lowest BCUT2D eigenvalue weighted by molar-refractivity contribution is 0.422. The lowest BCUT2D eigenvalue weighted by Gasteiger charge is -2.00. The fourth-order valence-corrected chi connectivity index (χ4v) is 1.50. The highest BCUT2D eigenvalue weighted by atomic mass is 16.5. The minimum atomic E-state index is 0.300. The summed E-state index contributed by atoms with van der Waals surface area (Å²) in [6.45, 7) is 4.37. The summed E-state index contributed by atoms with van der Waals surface area (Å²) in [5.41, 5.74) is 8.73. The standard InChI is InChI=1S/C11H13N3O/c1-7-3-4-9(8(2)5-7)11-13-10(6-12)14-15-11/h3-5H,6,12H2,1-2H3. The molecule has 15 heavy (non-hydrogen) atoms. The molecule has 2 rings (SSSR count). The van der Waals surface area contributed by atoms with Gasteiger partial charge in [0.2, 0.25) is 0 Å². The zero-order chi connectivity index (χ0) is 10.8. The summed E-state index contributed by atoms with van der Waals surface area (Å²) in [5.74, 6) is 1.07. The smallest absolute Gasteiger partial charge is 0.258 e. The summed E-state index contributed by atoms with van der Waals surface area (Å²) in [6, 6.07) is 6.09. The van der Waals surface area contributed by atoms with Gasteiger partial charge in [0.05, 0.1) is 6.54 Å². The molecule has 0 aliphatic carbocycles. The number of aromatic nitrogens is 2. The first kappa shape index (κ1) is 9.86. The van der Waals surface area contributed by atoms with Crippen LogP contribution >= 0.6 is 0 Å². The van der Waals surface area contributed by atoms with Crippen molar-refractivity contribution in [2.75, 3.05) is 0 Å². The minimum Gasteiger partial charge on any atom is -0.334 e. The highest BCUT2D eigenvalue weighted by Gasteiger charge is 2.09. The van der Waals surface area contributed by atoms with Crippen LogP contribution in [0.25, 0.3) is 11.5 Å². The molecule has 0 saturated carbocycles. The number of nitrogens with two attached hydrogens (primary N) is 1. The van der Waals surface area contributed by atoms with Crippen molar-refractivity contribution < 1.29 is 4.52 Å². The minimum absolute atomic E-state index is 0.300. The molecule has 0 fully saturated rings. The molecule has 0 aliphatic rings. The van der Waals surface area contributed by atoms with Crippen molar-refractivity contribution in [1.82, 2.24) is 10.1 Å². The third-order valence-electron chi connectivity index (χ3n) is 2.26. The molecule has 0 aliphatic heterocycles. The molecule has 2 N–H and O–H groups in total. The maximum absolute atomic E-state index is 5.42. The van der Waals surface area contributed by atoms with Gasteiger partial charge in [-0.2, -0.15) is 4.98 Å². The van der Waals surface area contributed by atoms with Gasteiger partial charge in [-0.25, -0.2) is 0 Å². The van der Waals surface area contributed by atoms with Crippen LogP contribution in [-0.4, -0.2) is 10.1 Å². The number of hydrogen-bond donors (Lipinski definition) is 1. The summed E-state index contributed by atoms with van der Waals surface area (Å²) in [5, 5.41) is 3.76. The van der Waals surface area contributed by atoms with Gasteiger partial charge in [0.1, 0.15) is 0 Å². The van der Waals surface area contributed by atoms with Gasteiger partial charge in [-0.1, -0.05) is 22.9 Å². The maximum Gasteiger partial charge on any atom is 0.258 e. The van der Waals surface area contributed by atoms with Gasteiger partial charge in [0.15, 0.2) is 5.82 Å². The van der Waals surface area contributed by atoms with Gasteiger partial charge >= 0.3 is 0 Å². The maximum atomic E-state index is 5.42. The zero-order valence-electron chi connectivity index (χ0n) is 8.82. The predicted molar refractivity (Wildman–Crippen MR) is 57.1 cm³/mol. The second-order valence-electron chi connectivity index (χ2n) is 3.54. The molecule has 1 aromatic heterocycles. The number of rotatable bonds is 2. The molecule has 1 heterocycles. The van der Waals surface area contributed by atoms with Crippen molar-refractivity contribution in [3.63, 3.8) is 0 Å². The molecular formula is C11H13N3O. The van der Waals surface area contributed by atoms with Gasteiger partial charge in [-0.05, 0) is 25.5 Å². The molecular weight excluding hydrogens is 190 g/mol. The summed E-state index contributed by atoms with van der Waals surface area (Å²) in [4.78, 5) is 4.19. The SMILES string of the molecule is Cc1ccc(-c2nc(CN)no2)c(C)c1. The van der Waals surface area contributed by atoms with Crippen LogP contribution in [0, 0.1) is 13.8 Å². The van der Waals surface area contributed by atoms with Crippen molar-refractivity contribution in [3.05, 3.63) is 35.2 Å². The van der Waals surface area contributed by atoms with E-state index >= 15 is 0 Å². The average Bonchev–Trinajstić information content (AvgIpc) is 2.66. The molecule has 0 bridgehead atoms. The summed E-state index contributed by atoms with van der Waals surface area (Å²) in [6.07, 6.45) is 0. The number of aryl methyl sites for hydroxylation is 2. The van der Waals surface area contributed by atoms with E-state index in [0.717, 1.165) is 11.1 Å². The van der Waals surface area contributed by atoms with E-state index in [4.69, 9.17) is 10.3 Å². The van der Waals surface area contributed by atoms with Crippen LogP contribution in [0.4, 0.5) is 0 Å². The normalized spacial score (nSPS) is 10.6. The van der Waals surface area contributed by atoms with Gasteiger partial charge < -0.3 is 10.3 Å². The summed E-state index contributed by atoms with van der Waals surface area (Å²) >= 11 is 0. The van der Waals surface area contributed by atoms with Crippen LogP contribution in [0.5, 0.6) is 0 Å². The van der Waals surface area contributed by atoms with E-state index in [1.165, 1.54) is 5.56 Å². The monoisotopic (exact) mass is 203 g/mol. The van der Waals surface area contributed by atoms with Crippen molar-refractivity contribution in [2.24, 2.45) is 5.73 Å². The Morgan fingerprint density at radius 2 is 2.13 bits per heavy atom. The second kappa shape index (κ2) is 3.82. The molecule has 0 radical (unpaired) electrons. The van der Waals surface area contributed by atoms with Gasteiger partial charge in [0, 0.05) is 5.56 Å². The Bertz CT molecular complexity index is 476. The third-order valence-corrected chi connectivity index (χ3v) is 2.26. The van der Waals surface area contributed by atoms with E-state index in [1.807, 2.05) is 19.1 Å². The van der Waals surface area contributed by atoms with Crippen molar-refractivity contribution >= 4 is 0 Å². The largest absolute Gasteiger partial charge is 0.334 e. The first-order valence-electron chi connectivity index (χ1n) is 4.81. The van der Waals surface area contributed by atoms with E-state index in [2.05, 4.69) is 23.1 Å². The fourth-order valence-electron chi connectivity index (χ4n) is 1.50. The van der Waals surface area contributed by atoms with Crippen LogP contribution < -0.4 is 5.73 Å². The molecule has 0 saturated heterocycles. The number of nitrogens with zero attached hydrogens (tertiary/aromatic N) is 2. The quantitative estimate of drug-likeness (QED) is 0.808. The number of benzene rings is 1.